The molecule has 2 rings (SSSR count). The normalized spacial score (nSPS) is 12.1. The van der Waals surface area contributed by atoms with Gasteiger partial charge in [-0.1, -0.05) is 16.7 Å². The number of carbonyl (C=O) groups is 1. The minimum Gasteiger partial charge on any atom is -0.408 e. The summed E-state index contributed by atoms with van der Waals surface area (Å²) in [5.74, 6) is -1.87. The quantitative estimate of drug-likeness (QED) is 0.840. The highest BCUT2D eigenvalue weighted by Gasteiger charge is 2.35. The minimum absolute atomic E-state index is 0.146. The van der Waals surface area contributed by atoms with Crippen LogP contribution in [0.15, 0.2) is 21.4 Å². The Balaban J connectivity index is 2.48. The smallest absolute Gasteiger partial charge is 0.408 e. The molecule has 2 aromatic rings. The fraction of sp³-hybridized carbons (Fsp3) is 0.250. The van der Waals surface area contributed by atoms with Gasteiger partial charge in [0.15, 0.2) is 9.84 Å². The van der Waals surface area contributed by atoms with E-state index in [9.17, 15) is 26.4 Å². The molecule has 0 unspecified atom stereocenters. The van der Waals surface area contributed by atoms with Crippen molar-refractivity contribution in [1.29, 1.82) is 0 Å². The van der Waals surface area contributed by atoms with Crippen LogP contribution in [0.5, 0.6) is 5.75 Å². The first kappa shape index (κ1) is 19.0. The molecule has 25 heavy (non-hydrogen) atoms. The average molecular weight is 400 g/mol. The van der Waals surface area contributed by atoms with Gasteiger partial charge in [0.25, 0.3) is 5.91 Å². The third-order valence-corrected chi connectivity index (χ3v) is 4.30. The lowest BCUT2D eigenvalue weighted by atomic mass is 10.2. The van der Waals surface area contributed by atoms with E-state index >= 15 is 0 Å². The van der Waals surface area contributed by atoms with E-state index < -0.39 is 43.3 Å². The summed E-state index contributed by atoms with van der Waals surface area (Å²) >= 11 is 5.84. The molecule has 0 saturated carbocycles. The second-order valence-corrected chi connectivity index (χ2v) is 6.99. The monoisotopic (exact) mass is 399 g/mol. The Morgan fingerprint density at radius 3 is 2.44 bits per heavy atom. The molecule has 1 aromatic heterocycles. The van der Waals surface area contributed by atoms with Crippen molar-refractivity contribution in [2.75, 3.05) is 11.6 Å². The molecule has 1 N–H and O–H groups in total. The second kappa shape index (κ2) is 6.52. The first-order valence-corrected chi connectivity index (χ1v) is 8.55. The Labute approximate surface area is 143 Å². The molecule has 0 atom stereocenters. The highest BCUT2D eigenvalue weighted by molar-refractivity contribution is 7.91. The molecular weight excluding hydrogens is 391 g/mol. The predicted octanol–water partition coefficient (Wildman–Crippen LogP) is 2.59. The Bertz CT molecular complexity index is 927. The van der Waals surface area contributed by atoms with Crippen LogP contribution >= 0.6 is 11.6 Å². The molecule has 0 fully saturated rings. The lowest BCUT2D eigenvalue weighted by Gasteiger charge is -2.15. The second-order valence-electron chi connectivity index (χ2n) is 4.65. The van der Waals surface area contributed by atoms with Gasteiger partial charge in [-0.05, 0) is 12.1 Å². The number of hydrogen-bond donors (Lipinski definition) is 1. The van der Waals surface area contributed by atoms with Gasteiger partial charge in [0.2, 0.25) is 5.89 Å². The van der Waals surface area contributed by atoms with Crippen molar-refractivity contribution < 1.29 is 35.5 Å². The number of ether oxygens (including phenoxy) is 1. The van der Waals surface area contributed by atoms with Crippen LogP contribution in [-0.4, -0.2) is 37.1 Å². The van der Waals surface area contributed by atoms with E-state index in [4.69, 9.17) is 16.0 Å². The zero-order chi connectivity index (χ0) is 19.0. The van der Waals surface area contributed by atoms with Crippen LogP contribution < -0.4 is 10.1 Å². The molecule has 0 aliphatic heterocycles. The van der Waals surface area contributed by atoms with Gasteiger partial charge in [-0.3, -0.25) is 10.1 Å². The van der Waals surface area contributed by atoms with E-state index in [-0.39, 0.29) is 11.9 Å². The van der Waals surface area contributed by atoms with Crippen LogP contribution in [-0.2, 0) is 9.84 Å². The van der Waals surface area contributed by atoms with Gasteiger partial charge in [-0.2, -0.15) is 0 Å². The van der Waals surface area contributed by atoms with Gasteiger partial charge in [0.05, 0.1) is 10.6 Å². The number of carbonyl (C=O) groups excluding carboxylic acids is 1. The van der Waals surface area contributed by atoms with E-state index in [2.05, 4.69) is 20.3 Å². The molecule has 0 aliphatic rings. The van der Waals surface area contributed by atoms with E-state index in [1.807, 2.05) is 0 Å². The Hall–Kier alpha value is -2.34. The zero-order valence-corrected chi connectivity index (χ0v) is 14.1. The van der Waals surface area contributed by atoms with Gasteiger partial charge < -0.3 is 9.15 Å². The molecule has 1 amide bonds. The fourth-order valence-corrected chi connectivity index (χ4v) is 3.35. The molecule has 0 radical (unpaired) electrons. The maximum absolute atomic E-state index is 12.4. The molecule has 136 valence electrons. The number of sulfone groups is 1. The van der Waals surface area contributed by atoms with E-state index in [1.165, 1.54) is 6.92 Å². The fourth-order valence-electron chi connectivity index (χ4n) is 1.78. The molecule has 0 spiro atoms. The summed E-state index contributed by atoms with van der Waals surface area (Å²) in [6.45, 7) is 1.46. The Kier molecular flexibility index (Phi) is 4.95. The van der Waals surface area contributed by atoms with E-state index in [0.29, 0.717) is 12.3 Å². The summed E-state index contributed by atoms with van der Waals surface area (Å²) in [6.07, 6.45) is -4.52. The highest BCUT2D eigenvalue weighted by Crippen LogP contribution is 2.37. The molecule has 1 heterocycles. The van der Waals surface area contributed by atoms with Crippen molar-refractivity contribution in [2.24, 2.45) is 0 Å². The standard InChI is InChI=1S/C12H9ClF3N3O5S/c1-5-18-19-11(23-5)17-10(20)6-3-4-7(24-12(14,15)16)9(8(6)13)25(2,21)22/h3-4H,1-2H3,(H,17,19,20). The number of aromatic nitrogens is 2. The third-order valence-electron chi connectivity index (χ3n) is 2.65. The van der Waals surface area contributed by atoms with Crippen LogP contribution in [0.1, 0.15) is 16.2 Å². The van der Waals surface area contributed by atoms with Crippen molar-refractivity contribution in [3.05, 3.63) is 28.6 Å². The molecule has 0 saturated heterocycles. The highest BCUT2D eigenvalue weighted by atomic mass is 35.5. The van der Waals surface area contributed by atoms with Gasteiger partial charge in [-0.15, -0.1) is 18.3 Å². The number of rotatable bonds is 4. The van der Waals surface area contributed by atoms with Gasteiger partial charge in [0.1, 0.15) is 10.6 Å². The maximum Gasteiger partial charge on any atom is 0.573 e. The number of alkyl halides is 3. The maximum atomic E-state index is 12.4. The lowest BCUT2D eigenvalue weighted by Crippen LogP contribution is -2.20. The lowest BCUT2D eigenvalue weighted by molar-refractivity contribution is -0.275. The van der Waals surface area contributed by atoms with Crippen LogP contribution in [0.4, 0.5) is 19.2 Å². The van der Waals surface area contributed by atoms with E-state index in [0.717, 1.165) is 6.07 Å². The number of anilines is 1. The van der Waals surface area contributed by atoms with Crippen LogP contribution in [0.2, 0.25) is 5.02 Å². The average Bonchev–Trinajstić information content (AvgIpc) is 2.80. The van der Waals surface area contributed by atoms with Gasteiger partial charge in [0, 0.05) is 13.2 Å². The summed E-state index contributed by atoms with van der Waals surface area (Å²) in [6, 6.07) is 1.25. The third kappa shape index (κ3) is 4.60. The number of aryl methyl sites for hydroxylation is 1. The number of benzene rings is 1. The summed E-state index contributed by atoms with van der Waals surface area (Å²) < 4.78 is 69.4. The van der Waals surface area contributed by atoms with Crippen molar-refractivity contribution in [3.8, 4) is 5.75 Å². The summed E-state index contributed by atoms with van der Waals surface area (Å²) in [5.41, 5.74) is -0.424. The van der Waals surface area contributed by atoms with Crippen molar-refractivity contribution >= 4 is 33.4 Å². The zero-order valence-electron chi connectivity index (χ0n) is 12.5. The van der Waals surface area contributed by atoms with E-state index in [1.54, 1.807) is 0 Å². The Morgan fingerprint density at radius 1 is 1.32 bits per heavy atom. The molecular formula is C12H9ClF3N3O5S. The summed E-state index contributed by atoms with van der Waals surface area (Å²) in [7, 11) is -4.25. The molecule has 0 bridgehead atoms. The van der Waals surface area contributed by atoms with Crippen molar-refractivity contribution in [1.82, 2.24) is 10.2 Å². The SMILES string of the molecule is Cc1nnc(NC(=O)c2ccc(OC(F)(F)F)c(S(C)(=O)=O)c2Cl)o1. The minimum atomic E-state index is -5.15. The first-order chi connectivity index (χ1) is 11.4. The number of amides is 1. The van der Waals surface area contributed by atoms with Crippen LogP contribution in [0, 0.1) is 6.92 Å². The van der Waals surface area contributed by atoms with Crippen LogP contribution in [0.25, 0.3) is 0 Å². The number of nitrogens with one attached hydrogen (secondary N) is 1. The Morgan fingerprint density at radius 2 is 1.96 bits per heavy atom. The first-order valence-electron chi connectivity index (χ1n) is 6.28. The van der Waals surface area contributed by atoms with Gasteiger partial charge in [-0.25, -0.2) is 8.42 Å². The topological polar surface area (TPSA) is 111 Å². The molecule has 13 heteroatoms. The van der Waals surface area contributed by atoms with Crippen molar-refractivity contribution in [2.45, 2.75) is 18.2 Å². The molecule has 8 nitrogen and oxygen atoms in total. The van der Waals surface area contributed by atoms with Crippen LogP contribution in [0.3, 0.4) is 0 Å². The molecule has 1 aromatic carbocycles. The number of halogens is 4. The summed E-state index contributed by atoms with van der Waals surface area (Å²) in [5, 5.41) is 8.36. The summed E-state index contributed by atoms with van der Waals surface area (Å²) in [4.78, 5) is 11.2. The number of nitrogens with zero attached hydrogens (tertiary/aromatic N) is 2. The van der Waals surface area contributed by atoms with Gasteiger partial charge >= 0.3 is 12.4 Å². The predicted molar refractivity (Wildman–Crippen MR) is 78.2 cm³/mol. The van der Waals surface area contributed by atoms with Crippen molar-refractivity contribution in [3.63, 3.8) is 0 Å². The number of hydrogen-bond acceptors (Lipinski definition) is 7. The molecule has 0 aliphatic carbocycles. The largest absolute Gasteiger partial charge is 0.573 e.